The first-order valence-corrected chi connectivity index (χ1v) is 10.5. The van der Waals surface area contributed by atoms with Crippen molar-refractivity contribution in [1.29, 1.82) is 0 Å². The summed E-state index contributed by atoms with van der Waals surface area (Å²) in [6.07, 6.45) is 9.60. The van der Waals surface area contributed by atoms with Gasteiger partial charge in [-0.3, -0.25) is 19.7 Å². The van der Waals surface area contributed by atoms with Crippen LogP contribution in [0.25, 0.3) is 33.2 Å². The summed E-state index contributed by atoms with van der Waals surface area (Å²) in [6, 6.07) is 10.4. The van der Waals surface area contributed by atoms with Crippen molar-refractivity contribution in [1.82, 2.24) is 29.9 Å². The Morgan fingerprint density at radius 3 is 2.81 bits per heavy atom. The Bertz CT molecular complexity index is 1410. The second kappa shape index (κ2) is 6.91. The summed E-state index contributed by atoms with van der Waals surface area (Å²) >= 11 is 0. The molecule has 0 spiro atoms. The summed E-state index contributed by atoms with van der Waals surface area (Å²) in [6.45, 7) is 2.07. The van der Waals surface area contributed by atoms with Gasteiger partial charge in [0.05, 0.1) is 22.7 Å². The summed E-state index contributed by atoms with van der Waals surface area (Å²) in [4.78, 5) is 9.14. The second-order valence-electron chi connectivity index (χ2n) is 8.25. The number of aryl methyl sites for hydroxylation is 1. The summed E-state index contributed by atoms with van der Waals surface area (Å²) in [5.41, 5.74) is 7.05. The molecule has 1 fully saturated rings. The number of rotatable bonds is 5. The minimum Gasteiger partial charge on any atom is -0.486 e. The molecule has 154 valence electrons. The summed E-state index contributed by atoms with van der Waals surface area (Å²) in [7, 11) is 1.90. The van der Waals surface area contributed by atoms with Crippen LogP contribution in [0.2, 0.25) is 0 Å². The zero-order valence-electron chi connectivity index (χ0n) is 17.4. The van der Waals surface area contributed by atoms with E-state index in [0.717, 1.165) is 44.5 Å². The van der Waals surface area contributed by atoms with Crippen molar-refractivity contribution >= 4 is 21.9 Å². The average molecular weight is 410 g/mol. The lowest BCUT2D eigenvalue weighted by Gasteiger charge is -2.18. The molecule has 0 bridgehead atoms. The molecule has 0 amide bonds. The van der Waals surface area contributed by atoms with Gasteiger partial charge in [0.2, 0.25) is 0 Å². The van der Waals surface area contributed by atoms with E-state index in [1.165, 1.54) is 18.4 Å². The molecule has 7 nitrogen and oxygen atoms in total. The molecule has 1 saturated carbocycles. The third-order valence-electron chi connectivity index (χ3n) is 5.94. The molecule has 1 aliphatic rings. The maximum Gasteiger partial charge on any atom is 0.123 e. The van der Waals surface area contributed by atoms with Gasteiger partial charge in [-0.15, -0.1) is 0 Å². The molecule has 3 heterocycles. The van der Waals surface area contributed by atoms with Crippen molar-refractivity contribution in [3.05, 3.63) is 66.2 Å². The Labute approximate surface area is 179 Å². The van der Waals surface area contributed by atoms with Crippen LogP contribution in [0.1, 0.15) is 42.9 Å². The Balaban J connectivity index is 1.37. The lowest BCUT2D eigenvalue weighted by Crippen LogP contribution is -2.06. The van der Waals surface area contributed by atoms with E-state index < -0.39 is 0 Å². The van der Waals surface area contributed by atoms with Crippen LogP contribution in [0.15, 0.2) is 55.1 Å². The highest BCUT2D eigenvalue weighted by molar-refractivity contribution is 5.93. The number of nitrogens with zero attached hydrogens (tertiary/aromatic N) is 5. The third kappa shape index (κ3) is 3.22. The van der Waals surface area contributed by atoms with Crippen molar-refractivity contribution in [2.24, 2.45) is 7.05 Å². The normalized spacial score (nSPS) is 14.9. The summed E-state index contributed by atoms with van der Waals surface area (Å²) in [5, 5.41) is 12.9. The molecule has 1 aliphatic carbocycles. The molecule has 7 heteroatoms. The quantitative estimate of drug-likeness (QED) is 0.445. The number of nitrogens with one attached hydrogen (secondary N) is 1. The van der Waals surface area contributed by atoms with E-state index in [1.807, 2.05) is 37.6 Å². The van der Waals surface area contributed by atoms with Crippen molar-refractivity contribution < 1.29 is 4.74 Å². The molecule has 6 rings (SSSR count). The van der Waals surface area contributed by atoms with Gasteiger partial charge < -0.3 is 4.74 Å². The van der Waals surface area contributed by atoms with Gasteiger partial charge >= 0.3 is 0 Å². The first kappa shape index (κ1) is 18.1. The Kier molecular flexibility index (Phi) is 4.02. The molecular formula is C24H22N6O. The van der Waals surface area contributed by atoms with Gasteiger partial charge in [-0.2, -0.15) is 10.2 Å². The topological polar surface area (TPSA) is 81.5 Å². The Hall–Kier alpha value is -3.74. The second-order valence-corrected chi connectivity index (χ2v) is 8.25. The van der Waals surface area contributed by atoms with E-state index in [0.29, 0.717) is 5.92 Å². The SMILES string of the molecule is CC(Oc1ccc2[nH]nc(-c3cnn(C)c3)c2c1)c1cc(C2CC2)cc2nccnc12. The number of H-pyrrole nitrogens is 1. The fourth-order valence-electron chi connectivity index (χ4n) is 4.18. The molecule has 2 aromatic carbocycles. The lowest BCUT2D eigenvalue weighted by molar-refractivity contribution is 0.228. The van der Waals surface area contributed by atoms with Gasteiger partial charge in [-0.05, 0) is 61.6 Å². The molecule has 1 unspecified atom stereocenters. The molecule has 5 aromatic rings. The number of ether oxygens (including phenoxy) is 1. The predicted molar refractivity (Wildman–Crippen MR) is 119 cm³/mol. The number of benzene rings is 2. The van der Waals surface area contributed by atoms with Gasteiger partial charge in [-0.25, -0.2) is 0 Å². The fourth-order valence-corrected chi connectivity index (χ4v) is 4.18. The molecule has 1 atom stereocenters. The smallest absolute Gasteiger partial charge is 0.123 e. The molecule has 31 heavy (non-hydrogen) atoms. The molecular weight excluding hydrogens is 388 g/mol. The Morgan fingerprint density at radius 1 is 1.13 bits per heavy atom. The Morgan fingerprint density at radius 2 is 2.00 bits per heavy atom. The molecule has 0 saturated heterocycles. The molecule has 1 N–H and O–H groups in total. The average Bonchev–Trinajstić information content (AvgIpc) is 3.42. The number of hydrogen-bond donors (Lipinski definition) is 1. The van der Waals surface area contributed by atoms with Crippen LogP contribution >= 0.6 is 0 Å². The van der Waals surface area contributed by atoms with Crippen molar-refractivity contribution in [2.45, 2.75) is 31.8 Å². The highest BCUT2D eigenvalue weighted by Crippen LogP contribution is 2.42. The van der Waals surface area contributed by atoms with Crippen LogP contribution < -0.4 is 4.74 Å². The molecule has 0 aliphatic heterocycles. The van der Waals surface area contributed by atoms with E-state index in [-0.39, 0.29) is 6.10 Å². The van der Waals surface area contributed by atoms with Gasteiger partial charge in [0, 0.05) is 42.2 Å². The van der Waals surface area contributed by atoms with E-state index in [4.69, 9.17) is 4.74 Å². The van der Waals surface area contributed by atoms with Gasteiger partial charge in [-0.1, -0.05) is 0 Å². The van der Waals surface area contributed by atoms with Crippen LogP contribution in [0, 0.1) is 0 Å². The van der Waals surface area contributed by atoms with Crippen molar-refractivity contribution in [3.8, 4) is 17.0 Å². The molecule has 3 aromatic heterocycles. The van der Waals surface area contributed by atoms with Gasteiger partial charge in [0.1, 0.15) is 17.5 Å². The highest BCUT2D eigenvalue weighted by Gasteiger charge is 2.26. The highest BCUT2D eigenvalue weighted by atomic mass is 16.5. The number of hydrogen-bond acceptors (Lipinski definition) is 5. The first-order valence-electron chi connectivity index (χ1n) is 10.5. The summed E-state index contributed by atoms with van der Waals surface area (Å²) < 4.78 is 8.18. The van der Waals surface area contributed by atoms with Crippen LogP contribution in [0.4, 0.5) is 0 Å². The maximum absolute atomic E-state index is 6.41. The summed E-state index contributed by atoms with van der Waals surface area (Å²) in [5.74, 6) is 1.43. The zero-order chi connectivity index (χ0) is 20.9. The van der Waals surface area contributed by atoms with Crippen LogP contribution in [-0.4, -0.2) is 29.9 Å². The number of aromatic nitrogens is 6. The van der Waals surface area contributed by atoms with Gasteiger partial charge in [0.15, 0.2) is 0 Å². The first-order chi connectivity index (χ1) is 15.2. The van der Waals surface area contributed by atoms with Crippen LogP contribution in [-0.2, 0) is 7.05 Å². The number of aromatic amines is 1. The minimum atomic E-state index is -0.163. The van der Waals surface area contributed by atoms with E-state index in [2.05, 4.69) is 44.3 Å². The molecule has 0 radical (unpaired) electrons. The van der Waals surface area contributed by atoms with Crippen LogP contribution in [0.5, 0.6) is 5.75 Å². The van der Waals surface area contributed by atoms with E-state index in [9.17, 15) is 0 Å². The van der Waals surface area contributed by atoms with E-state index in [1.54, 1.807) is 17.1 Å². The fraction of sp³-hybridized carbons (Fsp3) is 0.250. The van der Waals surface area contributed by atoms with Crippen molar-refractivity contribution in [3.63, 3.8) is 0 Å². The maximum atomic E-state index is 6.41. The lowest BCUT2D eigenvalue weighted by atomic mass is 10.0. The monoisotopic (exact) mass is 410 g/mol. The standard InChI is InChI=1S/C24H22N6O/c1-14(19-9-16(15-3-4-15)10-22-24(19)26-8-7-25-22)31-18-5-6-21-20(11-18)23(29-28-21)17-12-27-30(2)13-17/h5-15H,3-4H2,1-2H3,(H,28,29). The minimum absolute atomic E-state index is 0.163. The van der Waals surface area contributed by atoms with Crippen molar-refractivity contribution in [2.75, 3.05) is 0 Å². The largest absolute Gasteiger partial charge is 0.486 e. The van der Waals surface area contributed by atoms with E-state index >= 15 is 0 Å². The van der Waals surface area contributed by atoms with Crippen LogP contribution in [0.3, 0.4) is 0 Å². The number of fused-ring (bicyclic) bond motifs is 2. The zero-order valence-corrected chi connectivity index (χ0v) is 17.4. The van der Waals surface area contributed by atoms with Gasteiger partial charge in [0.25, 0.3) is 0 Å². The third-order valence-corrected chi connectivity index (χ3v) is 5.94. The predicted octanol–water partition coefficient (Wildman–Crippen LogP) is 4.92.